The standard InChI is InChI=1S/C16H26N4O3S/c1-13(12-20-9-7-19(2)8-10-20)17-16(21)18-14-5-4-6-15(11-14)24(3,22)23/h4-6,11,13H,7-10,12H2,1-3H3,(H2,17,18,21). The molecule has 0 aliphatic carbocycles. The minimum atomic E-state index is -3.29. The summed E-state index contributed by atoms with van der Waals surface area (Å²) in [4.78, 5) is 16.9. The lowest BCUT2D eigenvalue weighted by molar-refractivity contribution is 0.145. The predicted octanol–water partition coefficient (Wildman–Crippen LogP) is 0.848. The third-order valence-electron chi connectivity index (χ3n) is 4.03. The lowest BCUT2D eigenvalue weighted by atomic mass is 10.2. The molecule has 2 N–H and O–H groups in total. The molecule has 0 aromatic heterocycles. The molecule has 0 bridgehead atoms. The van der Waals surface area contributed by atoms with Gasteiger partial charge in [-0.2, -0.15) is 0 Å². The average molecular weight is 354 g/mol. The molecule has 1 aromatic carbocycles. The SMILES string of the molecule is CC(CN1CCN(C)CC1)NC(=O)Nc1cccc(S(C)(=O)=O)c1. The zero-order chi connectivity index (χ0) is 17.7. The number of sulfone groups is 1. The van der Waals surface area contributed by atoms with Crippen LogP contribution in [0.4, 0.5) is 10.5 Å². The van der Waals surface area contributed by atoms with Crippen molar-refractivity contribution in [3.8, 4) is 0 Å². The number of hydrogen-bond acceptors (Lipinski definition) is 5. The van der Waals surface area contributed by atoms with Gasteiger partial charge in [0.2, 0.25) is 0 Å². The van der Waals surface area contributed by atoms with E-state index in [1.54, 1.807) is 12.1 Å². The molecule has 1 aromatic rings. The van der Waals surface area contributed by atoms with Crippen LogP contribution in [-0.2, 0) is 9.84 Å². The van der Waals surface area contributed by atoms with E-state index in [9.17, 15) is 13.2 Å². The number of hydrogen-bond donors (Lipinski definition) is 2. The van der Waals surface area contributed by atoms with Gasteiger partial charge >= 0.3 is 6.03 Å². The van der Waals surface area contributed by atoms with E-state index in [0.29, 0.717) is 5.69 Å². The smallest absolute Gasteiger partial charge is 0.319 e. The third kappa shape index (κ3) is 5.77. The summed E-state index contributed by atoms with van der Waals surface area (Å²) in [6.07, 6.45) is 1.14. The van der Waals surface area contributed by atoms with Crippen molar-refractivity contribution in [1.29, 1.82) is 0 Å². The van der Waals surface area contributed by atoms with Crippen LogP contribution in [-0.4, -0.2) is 76.3 Å². The van der Waals surface area contributed by atoms with E-state index in [0.717, 1.165) is 39.0 Å². The van der Waals surface area contributed by atoms with Crippen LogP contribution in [0.2, 0.25) is 0 Å². The Morgan fingerprint density at radius 2 is 1.92 bits per heavy atom. The van der Waals surface area contributed by atoms with Gasteiger partial charge in [-0.25, -0.2) is 13.2 Å². The molecule has 1 aliphatic rings. The zero-order valence-electron chi connectivity index (χ0n) is 14.4. The number of piperazine rings is 1. The second kappa shape index (κ2) is 7.96. The molecule has 0 saturated carbocycles. The number of urea groups is 1. The Morgan fingerprint density at radius 1 is 1.25 bits per heavy atom. The van der Waals surface area contributed by atoms with Gasteiger partial charge in [-0.1, -0.05) is 6.07 Å². The van der Waals surface area contributed by atoms with E-state index in [4.69, 9.17) is 0 Å². The highest BCUT2D eigenvalue weighted by atomic mass is 32.2. The van der Waals surface area contributed by atoms with E-state index < -0.39 is 9.84 Å². The molecule has 1 saturated heterocycles. The number of nitrogens with one attached hydrogen (secondary N) is 2. The second-order valence-electron chi connectivity index (χ2n) is 6.40. The van der Waals surface area contributed by atoms with Gasteiger partial charge in [-0.05, 0) is 32.2 Å². The highest BCUT2D eigenvalue weighted by Gasteiger charge is 2.17. The first-order valence-corrected chi connectivity index (χ1v) is 9.92. The molecule has 24 heavy (non-hydrogen) atoms. The summed E-state index contributed by atoms with van der Waals surface area (Å²) in [5.41, 5.74) is 0.460. The van der Waals surface area contributed by atoms with Crippen LogP contribution in [0, 0.1) is 0 Å². The first-order valence-electron chi connectivity index (χ1n) is 8.02. The molecule has 8 heteroatoms. The summed E-state index contributed by atoms with van der Waals surface area (Å²) in [7, 11) is -1.18. The predicted molar refractivity (Wildman–Crippen MR) is 95.1 cm³/mol. The zero-order valence-corrected chi connectivity index (χ0v) is 15.3. The maximum absolute atomic E-state index is 12.1. The molecular weight excluding hydrogens is 328 g/mol. The van der Waals surface area contributed by atoms with Gasteiger partial charge in [-0.15, -0.1) is 0 Å². The quantitative estimate of drug-likeness (QED) is 0.819. The lowest BCUT2D eigenvalue weighted by Gasteiger charge is -2.34. The molecular formula is C16H26N4O3S. The highest BCUT2D eigenvalue weighted by Crippen LogP contribution is 2.15. The van der Waals surface area contributed by atoms with Crippen LogP contribution in [0.25, 0.3) is 0 Å². The minimum Gasteiger partial charge on any atom is -0.334 e. The maximum Gasteiger partial charge on any atom is 0.319 e. The Hall–Kier alpha value is -1.64. The summed E-state index contributed by atoms with van der Waals surface area (Å²) in [6, 6.07) is 5.92. The monoisotopic (exact) mass is 354 g/mol. The molecule has 1 fully saturated rings. The van der Waals surface area contributed by atoms with Crippen LogP contribution in [0.3, 0.4) is 0 Å². The fraction of sp³-hybridized carbons (Fsp3) is 0.562. The number of likely N-dealkylation sites (N-methyl/N-ethyl adjacent to an activating group) is 1. The van der Waals surface area contributed by atoms with Crippen LogP contribution in [0.15, 0.2) is 29.2 Å². The van der Waals surface area contributed by atoms with E-state index >= 15 is 0 Å². The molecule has 134 valence electrons. The van der Waals surface area contributed by atoms with E-state index in [2.05, 4.69) is 27.5 Å². The van der Waals surface area contributed by atoms with Gasteiger partial charge in [0.15, 0.2) is 9.84 Å². The van der Waals surface area contributed by atoms with Gasteiger partial charge in [0.1, 0.15) is 0 Å². The summed E-state index contributed by atoms with van der Waals surface area (Å²) >= 11 is 0. The molecule has 1 aliphatic heterocycles. The minimum absolute atomic E-state index is 0.00602. The summed E-state index contributed by atoms with van der Waals surface area (Å²) in [5, 5.41) is 5.58. The van der Waals surface area contributed by atoms with E-state index in [-0.39, 0.29) is 17.0 Å². The van der Waals surface area contributed by atoms with E-state index in [1.165, 1.54) is 12.1 Å². The first kappa shape index (κ1) is 18.7. The van der Waals surface area contributed by atoms with Gasteiger partial charge in [-0.3, -0.25) is 4.90 Å². The van der Waals surface area contributed by atoms with E-state index in [1.807, 2.05) is 6.92 Å². The number of nitrogens with zero attached hydrogens (tertiary/aromatic N) is 2. The highest BCUT2D eigenvalue weighted by molar-refractivity contribution is 7.90. The fourth-order valence-corrected chi connectivity index (χ4v) is 3.33. The average Bonchev–Trinajstić information content (AvgIpc) is 2.49. The Bertz CT molecular complexity index is 670. The molecule has 2 rings (SSSR count). The van der Waals surface area contributed by atoms with Crippen molar-refractivity contribution in [2.75, 3.05) is 51.3 Å². The fourth-order valence-electron chi connectivity index (χ4n) is 2.66. The van der Waals surface area contributed by atoms with Crippen LogP contribution in [0.5, 0.6) is 0 Å². The normalized spacial score (nSPS) is 18.1. The number of benzene rings is 1. The van der Waals surface area contributed by atoms with Gasteiger partial charge in [0.25, 0.3) is 0 Å². The van der Waals surface area contributed by atoms with Crippen molar-refractivity contribution < 1.29 is 13.2 Å². The van der Waals surface area contributed by atoms with Crippen molar-refractivity contribution in [3.63, 3.8) is 0 Å². The number of rotatable bonds is 5. The Labute approximate surface area is 143 Å². The number of anilines is 1. The molecule has 0 spiro atoms. The second-order valence-corrected chi connectivity index (χ2v) is 8.42. The summed E-state index contributed by atoms with van der Waals surface area (Å²) < 4.78 is 23.1. The van der Waals surface area contributed by atoms with Crippen molar-refractivity contribution >= 4 is 21.6 Å². The summed E-state index contributed by atoms with van der Waals surface area (Å²) in [6.45, 7) is 6.84. The summed E-state index contributed by atoms with van der Waals surface area (Å²) in [5.74, 6) is 0. The van der Waals surface area contributed by atoms with Crippen LogP contribution < -0.4 is 10.6 Å². The third-order valence-corrected chi connectivity index (χ3v) is 5.14. The van der Waals surface area contributed by atoms with Gasteiger partial charge in [0.05, 0.1) is 4.90 Å². The number of carbonyl (C=O) groups excluding carboxylic acids is 1. The molecule has 1 atom stereocenters. The molecule has 1 unspecified atom stereocenters. The Morgan fingerprint density at radius 3 is 2.54 bits per heavy atom. The molecule has 7 nitrogen and oxygen atoms in total. The van der Waals surface area contributed by atoms with Crippen molar-refractivity contribution in [1.82, 2.24) is 15.1 Å². The van der Waals surface area contributed by atoms with Crippen molar-refractivity contribution in [2.24, 2.45) is 0 Å². The van der Waals surface area contributed by atoms with Gasteiger partial charge < -0.3 is 15.5 Å². The Balaban J connectivity index is 1.84. The molecule has 1 heterocycles. The maximum atomic E-state index is 12.1. The van der Waals surface area contributed by atoms with Crippen molar-refractivity contribution in [2.45, 2.75) is 17.9 Å². The van der Waals surface area contributed by atoms with Crippen LogP contribution in [0.1, 0.15) is 6.92 Å². The van der Waals surface area contributed by atoms with Crippen LogP contribution >= 0.6 is 0 Å². The molecule has 0 radical (unpaired) electrons. The van der Waals surface area contributed by atoms with Gasteiger partial charge in [0, 0.05) is 50.7 Å². The number of carbonyl (C=O) groups is 1. The number of amides is 2. The lowest BCUT2D eigenvalue weighted by Crippen LogP contribution is -2.50. The molecule has 2 amide bonds. The van der Waals surface area contributed by atoms with Crippen molar-refractivity contribution in [3.05, 3.63) is 24.3 Å². The largest absolute Gasteiger partial charge is 0.334 e. The topological polar surface area (TPSA) is 81.8 Å². The first-order chi connectivity index (χ1) is 11.2. The Kier molecular flexibility index (Phi) is 6.20.